The lowest BCUT2D eigenvalue weighted by atomic mass is 10.0. The molecule has 2 rings (SSSR count). The highest BCUT2D eigenvalue weighted by Gasteiger charge is 2.20. The van der Waals surface area contributed by atoms with Crippen LogP contribution in [0, 0.1) is 0 Å². The van der Waals surface area contributed by atoms with Gasteiger partial charge in [0.1, 0.15) is 5.82 Å². The van der Waals surface area contributed by atoms with E-state index in [4.69, 9.17) is 0 Å². The number of nitrogens with zero attached hydrogens (tertiary/aromatic N) is 1. The van der Waals surface area contributed by atoms with E-state index in [1.54, 1.807) is 12.3 Å². The molecular weight excluding hydrogens is 270 g/mol. The van der Waals surface area contributed by atoms with Crippen LogP contribution >= 0.6 is 15.9 Å². The third-order valence-electron chi connectivity index (χ3n) is 2.61. The maximum Gasteiger partial charge on any atom is 0.242 e. The van der Waals surface area contributed by atoms with Gasteiger partial charge in [0.05, 0.1) is 6.04 Å². The highest BCUT2D eigenvalue weighted by molar-refractivity contribution is 9.10. The Bertz CT molecular complexity index is 360. The van der Waals surface area contributed by atoms with Gasteiger partial charge in [0, 0.05) is 10.7 Å². The van der Waals surface area contributed by atoms with Gasteiger partial charge in [0.25, 0.3) is 0 Å². The molecule has 0 aliphatic carbocycles. The molecule has 1 aromatic heterocycles. The van der Waals surface area contributed by atoms with Gasteiger partial charge in [-0.1, -0.05) is 6.42 Å². The molecule has 0 aromatic carbocycles. The van der Waals surface area contributed by atoms with Crippen molar-refractivity contribution in [2.75, 3.05) is 11.9 Å². The highest BCUT2D eigenvalue weighted by Crippen LogP contribution is 2.12. The van der Waals surface area contributed by atoms with Crippen molar-refractivity contribution in [3.05, 3.63) is 22.8 Å². The molecule has 1 aliphatic rings. The first kappa shape index (κ1) is 11.5. The molecule has 0 bridgehead atoms. The van der Waals surface area contributed by atoms with Crippen molar-refractivity contribution in [1.29, 1.82) is 0 Å². The number of anilines is 1. The third kappa shape index (κ3) is 3.02. The fourth-order valence-corrected chi connectivity index (χ4v) is 1.97. The molecule has 1 fully saturated rings. The SMILES string of the molecule is O=C(Nc1ccc(Br)cn1)[C@@H]1CCCCN1. The zero-order valence-corrected chi connectivity index (χ0v) is 10.5. The van der Waals surface area contributed by atoms with Gasteiger partial charge < -0.3 is 10.6 Å². The average Bonchev–Trinajstić information content (AvgIpc) is 2.33. The topological polar surface area (TPSA) is 54.0 Å². The van der Waals surface area contributed by atoms with Crippen molar-refractivity contribution in [2.24, 2.45) is 0 Å². The monoisotopic (exact) mass is 283 g/mol. The van der Waals surface area contributed by atoms with Crippen molar-refractivity contribution in [3.8, 4) is 0 Å². The normalized spacial score (nSPS) is 20.4. The minimum Gasteiger partial charge on any atom is -0.309 e. The summed E-state index contributed by atoms with van der Waals surface area (Å²) in [6.07, 6.45) is 4.84. The van der Waals surface area contributed by atoms with E-state index in [1.165, 1.54) is 0 Å². The van der Waals surface area contributed by atoms with E-state index in [9.17, 15) is 4.79 Å². The molecule has 4 nitrogen and oxygen atoms in total. The molecule has 0 unspecified atom stereocenters. The van der Waals surface area contributed by atoms with Gasteiger partial charge in [-0.05, 0) is 47.4 Å². The van der Waals surface area contributed by atoms with Crippen LogP contribution in [0.4, 0.5) is 5.82 Å². The predicted molar refractivity (Wildman–Crippen MR) is 66.2 cm³/mol. The Morgan fingerprint density at radius 2 is 2.38 bits per heavy atom. The molecule has 0 radical (unpaired) electrons. The van der Waals surface area contributed by atoms with Gasteiger partial charge >= 0.3 is 0 Å². The Kier molecular flexibility index (Phi) is 3.90. The number of amides is 1. The summed E-state index contributed by atoms with van der Waals surface area (Å²) < 4.78 is 0.904. The van der Waals surface area contributed by atoms with Crippen LogP contribution in [0.15, 0.2) is 22.8 Å². The molecule has 1 saturated heterocycles. The van der Waals surface area contributed by atoms with Crippen molar-refractivity contribution < 1.29 is 4.79 Å². The second-order valence-electron chi connectivity index (χ2n) is 3.85. The maximum absolute atomic E-state index is 11.8. The van der Waals surface area contributed by atoms with Crippen molar-refractivity contribution >= 4 is 27.7 Å². The fourth-order valence-electron chi connectivity index (χ4n) is 1.74. The summed E-state index contributed by atoms with van der Waals surface area (Å²) in [5.41, 5.74) is 0. The molecule has 2 N–H and O–H groups in total. The number of carbonyl (C=O) groups excluding carboxylic acids is 1. The van der Waals surface area contributed by atoms with E-state index in [1.807, 2.05) is 6.07 Å². The van der Waals surface area contributed by atoms with Gasteiger partial charge in [0.2, 0.25) is 5.91 Å². The lowest BCUT2D eigenvalue weighted by molar-refractivity contribution is -0.118. The number of hydrogen-bond acceptors (Lipinski definition) is 3. The van der Waals surface area contributed by atoms with Gasteiger partial charge in [0.15, 0.2) is 0 Å². The van der Waals surface area contributed by atoms with Crippen molar-refractivity contribution in [1.82, 2.24) is 10.3 Å². The van der Waals surface area contributed by atoms with Gasteiger partial charge in [-0.2, -0.15) is 0 Å². The van der Waals surface area contributed by atoms with E-state index in [0.29, 0.717) is 5.82 Å². The molecule has 16 heavy (non-hydrogen) atoms. The number of nitrogens with one attached hydrogen (secondary N) is 2. The van der Waals surface area contributed by atoms with Gasteiger partial charge in [-0.15, -0.1) is 0 Å². The summed E-state index contributed by atoms with van der Waals surface area (Å²) in [5.74, 6) is 0.607. The van der Waals surface area contributed by atoms with E-state index in [0.717, 1.165) is 30.3 Å². The maximum atomic E-state index is 11.8. The first-order chi connectivity index (χ1) is 7.75. The van der Waals surface area contributed by atoms with Crippen molar-refractivity contribution in [3.63, 3.8) is 0 Å². The second-order valence-corrected chi connectivity index (χ2v) is 4.77. The second kappa shape index (κ2) is 5.41. The lowest BCUT2D eigenvalue weighted by Gasteiger charge is -2.22. The first-order valence-electron chi connectivity index (χ1n) is 5.41. The van der Waals surface area contributed by atoms with Gasteiger partial charge in [-0.3, -0.25) is 4.79 Å². The fraction of sp³-hybridized carbons (Fsp3) is 0.455. The predicted octanol–water partition coefficient (Wildman–Crippen LogP) is 1.92. The number of hydrogen-bond donors (Lipinski definition) is 2. The van der Waals surface area contributed by atoms with Crippen LogP contribution in [0.3, 0.4) is 0 Å². The molecule has 1 atom stereocenters. The van der Waals surface area contributed by atoms with Crippen LogP contribution in [0.1, 0.15) is 19.3 Å². The molecule has 1 amide bonds. The number of piperidine rings is 1. The summed E-state index contributed by atoms with van der Waals surface area (Å²) in [6, 6.07) is 3.57. The summed E-state index contributed by atoms with van der Waals surface area (Å²) in [5, 5.41) is 6.01. The molecule has 5 heteroatoms. The van der Waals surface area contributed by atoms with Crippen LogP contribution in [0.25, 0.3) is 0 Å². The quantitative estimate of drug-likeness (QED) is 0.872. The largest absolute Gasteiger partial charge is 0.309 e. The molecule has 0 spiro atoms. The van der Waals surface area contributed by atoms with Crippen LogP contribution < -0.4 is 10.6 Å². The Labute approximate surface area is 103 Å². The van der Waals surface area contributed by atoms with Crippen LogP contribution in [0.2, 0.25) is 0 Å². The standard InChI is InChI=1S/C11H14BrN3O/c12-8-4-5-10(14-7-8)15-11(16)9-3-1-2-6-13-9/h4-5,7,9,13H,1-3,6H2,(H,14,15,16)/t9-/m0/s1. The van der Waals surface area contributed by atoms with Crippen LogP contribution in [-0.4, -0.2) is 23.5 Å². The number of rotatable bonds is 2. The Hall–Kier alpha value is -0.940. The molecule has 0 saturated carbocycles. The van der Waals surface area contributed by atoms with E-state index < -0.39 is 0 Å². The summed E-state index contributed by atoms with van der Waals surface area (Å²) in [6.45, 7) is 0.922. The number of aromatic nitrogens is 1. The summed E-state index contributed by atoms with van der Waals surface area (Å²) in [4.78, 5) is 15.9. The molecule has 2 heterocycles. The minimum atomic E-state index is -0.0702. The molecule has 1 aromatic rings. The van der Waals surface area contributed by atoms with Crippen LogP contribution in [0.5, 0.6) is 0 Å². The summed E-state index contributed by atoms with van der Waals surface area (Å²) >= 11 is 3.30. The third-order valence-corrected chi connectivity index (χ3v) is 3.07. The Morgan fingerprint density at radius 3 is 3.00 bits per heavy atom. The van der Waals surface area contributed by atoms with E-state index in [-0.39, 0.29) is 11.9 Å². The molecular formula is C11H14BrN3O. The highest BCUT2D eigenvalue weighted by atomic mass is 79.9. The lowest BCUT2D eigenvalue weighted by Crippen LogP contribution is -2.43. The Morgan fingerprint density at radius 1 is 1.50 bits per heavy atom. The molecule has 1 aliphatic heterocycles. The van der Waals surface area contributed by atoms with E-state index in [2.05, 4.69) is 31.5 Å². The minimum absolute atomic E-state index is 0.00882. The zero-order valence-electron chi connectivity index (χ0n) is 8.87. The average molecular weight is 284 g/mol. The van der Waals surface area contributed by atoms with Gasteiger partial charge in [-0.25, -0.2) is 4.98 Å². The smallest absolute Gasteiger partial charge is 0.242 e. The van der Waals surface area contributed by atoms with E-state index >= 15 is 0 Å². The number of halogens is 1. The zero-order chi connectivity index (χ0) is 11.4. The first-order valence-corrected chi connectivity index (χ1v) is 6.21. The van der Waals surface area contributed by atoms with Crippen LogP contribution in [-0.2, 0) is 4.79 Å². The summed E-state index contributed by atoms with van der Waals surface area (Å²) in [7, 11) is 0. The Balaban J connectivity index is 1.93. The number of pyridine rings is 1. The molecule has 86 valence electrons. The van der Waals surface area contributed by atoms with Crippen molar-refractivity contribution in [2.45, 2.75) is 25.3 Å². The number of carbonyl (C=O) groups is 1.